The third kappa shape index (κ3) is 5.95. The first-order valence-electron chi connectivity index (χ1n) is 8.05. The van der Waals surface area contributed by atoms with E-state index in [1.54, 1.807) is 7.11 Å². The number of carbonyl (C=O) groups excluding carboxylic acids is 1. The van der Waals surface area contributed by atoms with Crippen LogP contribution in [0.15, 0.2) is 0 Å². The van der Waals surface area contributed by atoms with Gasteiger partial charge in [-0.3, -0.25) is 0 Å². The number of carbonyl (C=O) groups is 1. The summed E-state index contributed by atoms with van der Waals surface area (Å²) in [7, 11) is 3.19. The van der Waals surface area contributed by atoms with E-state index in [9.17, 15) is 4.79 Å². The number of hydrogen-bond acceptors (Lipinski definition) is 4. The highest BCUT2D eigenvalue weighted by molar-refractivity contribution is 5.79. The summed E-state index contributed by atoms with van der Waals surface area (Å²) in [5, 5.41) is 0. The van der Waals surface area contributed by atoms with E-state index in [2.05, 4.69) is 20.8 Å². The first kappa shape index (κ1) is 18.4. The minimum Gasteiger partial charge on any atom is -0.467 e. The fourth-order valence-electron chi connectivity index (χ4n) is 2.75. The molecular weight excluding hydrogens is 268 g/mol. The Labute approximate surface area is 129 Å². The molecule has 0 radical (unpaired) electrons. The third-order valence-electron chi connectivity index (χ3n) is 4.70. The number of esters is 1. The van der Waals surface area contributed by atoms with Crippen molar-refractivity contribution in [2.45, 2.75) is 83.5 Å². The van der Waals surface area contributed by atoms with Crippen molar-refractivity contribution in [2.75, 3.05) is 14.2 Å². The lowest BCUT2D eigenvalue weighted by Gasteiger charge is -2.23. The summed E-state index contributed by atoms with van der Waals surface area (Å²) in [6.45, 7) is 8.57. The molecule has 0 amide bonds. The van der Waals surface area contributed by atoms with Gasteiger partial charge in [-0.05, 0) is 39.5 Å². The molecule has 1 fully saturated rings. The van der Waals surface area contributed by atoms with Crippen LogP contribution in [0.25, 0.3) is 0 Å². The highest BCUT2D eigenvalue weighted by atomic mass is 16.6. The Hall–Kier alpha value is -0.610. The maximum Gasteiger partial charge on any atom is 0.338 e. The van der Waals surface area contributed by atoms with Crippen LogP contribution in [0.2, 0.25) is 0 Å². The average molecular weight is 300 g/mol. The monoisotopic (exact) mass is 300 g/mol. The molecule has 4 nitrogen and oxygen atoms in total. The molecule has 0 spiro atoms. The van der Waals surface area contributed by atoms with Crippen LogP contribution in [0, 0.1) is 5.92 Å². The van der Waals surface area contributed by atoms with Crippen LogP contribution in [-0.4, -0.2) is 37.5 Å². The number of ether oxygens (including phenoxy) is 3. The minimum atomic E-state index is -0.347. The van der Waals surface area contributed by atoms with Crippen LogP contribution in [0.3, 0.4) is 0 Å². The van der Waals surface area contributed by atoms with E-state index in [1.165, 1.54) is 26.4 Å². The van der Waals surface area contributed by atoms with Crippen molar-refractivity contribution in [2.24, 2.45) is 5.92 Å². The van der Waals surface area contributed by atoms with Crippen molar-refractivity contribution < 1.29 is 19.0 Å². The topological polar surface area (TPSA) is 48.1 Å². The summed E-state index contributed by atoms with van der Waals surface area (Å²) in [4.78, 5) is 11.4. The standard InChI is InChI=1S/C17H32O4/c1-13(9-7-11-16(2,3)20-6)10-8-12-17(4)14(21-17)15(18)19-5/h13-14H,7-12H2,1-6H3/t13-,14-,17-/m0/s1. The summed E-state index contributed by atoms with van der Waals surface area (Å²) < 4.78 is 15.6. The van der Waals surface area contributed by atoms with E-state index >= 15 is 0 Å². The minimum absolute atomic E-state index is 0.0111. The predicted molar refractivity (Wildman–Crippen MR) is 83.2 cm³/mol. The summed E-state index contributed by atoms with van der Waals surface area (Å²) in [6.07, 6.45) is 6.38. The Bertz CT molecular complexity index is 340. The van der Waals surface area contributed by atoms with Crippen LogP contribution >= 0.6 is 0 Å². The van der Waals surface area contributed by atoms with E-state index < -0.39 is 0 Å². The SMILES string of the molecule is COC(=O)[C@@H]1O[C@@]1(C)CCC[C@@H](C)CCCC(C)(C)OC. The van der Waals surface area contributed by atoms with Gasteiger partial charge in [-0.15, -0.1) is 0 Å². The number of epoxide rings is 1. The molecule has 4 heteroatoms. The van der Waals surface area contributed by atoms with Gasteiger partial charge in [0.15, 0.2) is 6.10 Å². The fourth-order valence-corrected chi connectivity index (χ4v) is 2.75. The molecule has 0 N–H and O–H groups in total. The van der Waals surface area contributed by atoms with Crippen LogP contribution in [0.5, 0.6) is 0 Å². The van der Waals surface area contributed by atoms with Crippen molar-refractivity contribution in [3.05, 3.63) is 0 Å². The highest BCUT2D eigenvalue weighted by Gasteiger charge is 2.57. The van der Waals surface area contributed by atoms with Gasteiger partial charge in [0.1, 0.15) is 5.60 Å². The van der Waals surface area contributed by atoms with Gasteiger partial charge in [-0.1, -0.05) is 32.6 Å². The number of rotatable bonds is 10. The van der Waals surface area contributed by atoms with Crippen molar-refractivity contribution in [3.8, 4) is 0 Å². The lowest BCUT2D eigenvalue weighted by Crippen LogP contribution is -2.22. The van der Waals surface area contributed by atoms with E-state index in [-0.39, 0.29) is 23.3 Å². The Morgan fingerprint density at radius 1 is 1.29 bits per heavy atom. The molecule has 124 valence electrons. The van der Waals surface area contributed by atoms with Crippen molar-refractivity contribution in [1.29, 1.82) is 0 Å². The fraction of sp³-hybridized carbons (Fsp3) is 0.941. The molecule has 0 saturated carbocycles. The van der Waals surface area contributed by atoms with Crippen molar-refractivity contribution in [3.63, 3.8) is 0 Å². The molecule has 1 aliphatic heterocycles. The molecule has 1 heterocycles. The van der Waals surface area contributed by atoms with Gasteiger partial charge in [0.05, 0.1) is 12.7 Å². The van der Waals surface area contributed by atoms with Gasteiger partial charge in [-0.2, -0.15) is 0 Å². The summed E-state index contributed by atoms with van der Waals surface area (Å²) in [5.41, 5.74) is -0.298. The second kappa shape index (κ2) is 7.59. The Morgan fingerprint density at radius 2 is 1.90 bits per heavy atom. The van der Waals surface area contributed by atoms with E-state index in [0.29, 0.717) is 5.92 Å². The highest BCUT2D eigenvalue weighted by Crippen LogP contribution is 2.41. The second-order valence-corrected chi connectivity index (χ2v) is 7.19. The van der Waals surface area contributed by atoms with Crippen molar-refractivity contribution in [1.82, 2.24) is 0 Å². The normalized spacial score (nSPS) is 26.5. The molecule has 0 unspecified atom stereocenters. The Morgan fingerprint density at radius 3 is 2.48 bits per heavy atom. The quantitative estimate of drug-likeness (QED) is 0.456. The van der Waals surface area contributed by atoms with Gasteiger partial charge in [0, 0.05) is 7.11 Å². The van der Waals surface area contributed by atoms with Crippen LogP contribution < -0.4 is 0 Å². The van der Waals surface area contributed by atoms with Crippen LogP contribution in [0.1, 0.15) is 66.2 Å². The van der Waals surface area contributed by atoms with Crippen LogP contribution in [-0.2, 0) is 19.0 Å². The maximum absolute atomic E-state index is 11.4. The largest absolute Gasteiger partial charge is 0.467 e. The molecule has 3 atom stereocenters. The predicted octanol–water partition coefficient (Wildman–Crippen LogP) is 3.72. The second-order valence-electron chi connectivity index (χ2n) is 7.19. The van der Waals surface area contributed by atoms with E-state index in [4.69, 9.17) is 14.2 Å². The molecule has 0 aromatic carbocycles. The average Bonchev–Trinajstić information content (AvgIpc) is 3.10. The smallest absolute Gasteiger partial charge is 0.338 e. The van der Waals surface area contributed by atoms with Gasteiger partial charge >= 0.3 is 5.97 Å². The number of methoxy groups -OCH3 is 2. The zero-order valence-corrected chi connectivity index (χ0v) is 14.5. The van der Waals surface area contributed by atoms with Gasteiger partial charge < -0.3 is 14.2 Å². The van der Waals surface area contributed by atoms with E-state index in [0.717, 1.165) is 19.3 Å². The van der Waals surface area contributed by atoms with Gasteiger partial charge in [-0.25, -0.2) is 4.79 Å². The molecule has 1 aliphatic rings. The Kier molecular flexibility index (Phi) is 6.67. The zero-order chi connectivity index (χ0) is 16.1. The van der Waals surface area contributed by atoms with Gasteiger partial charge in [0.2, 0.25) is 0 Å². The van der Waals surface area contributed by atoms with E-state index in [1.807, 2.05) is 6.92 Å². The Balaban J connectivity index is 2.12. The third-order valence-corrected chi connectivity index (χ3v) is 4.70. The van der Waals surface area contributed by atoms with Crippen LogP contribution in [0.4, 0.5) is 0 Å². The zero-order valence-electron chi connectivity index (χ0n) is 14.5. The molecular formula is C17H32O4. The summed E-state index contributed by atoms with van der Waals surface area (Å²) in [6, 6.07) is 0. The first-order chi connectivity index (χ1) is 9.74. The maximum atomic E-state index is 11.4. The van der Waals surface area contributed by atoms with Crippen molar-refractivity contribution >= 4 is 5.97 Å². The lowest BCUT2D eigenvalue weighted by atomic mass is 9.91. The lowest BCUT2D eigenvalue weighted by molar-refractivity contribution is -0.142. The molecule has 0 bridgehead atoms. The number of hydrogen-bond donors (Lipinski definition) is 0. The molecule has 0 aromatic rings. The van der Waals surface area contributed by atoms with Gasteiger partial charge in [0.25, 0.3) is 0 Å². The molecule has 0 aliphatic carbocycles. The summed E-state index contributed by atoms with van der Waals surface area (Å²) in [5.74, 6) is 0.462. The first-order valence-corrected chi connectivity index (χ1v) is 8.05. The summed E-state index contributed by atoms with van der Waals surface area (Å²) >= 11 is 0. The molecule has 1 rings (SSSR count). The molecule has 0 aromatic heterocycles. The molecule has 21 heavy (non-hydrogen) atoms. The molecule has 1 saturated heterocycles.